The lowest BCUT2D eigenvalue weighted by Crippen LogP contribution is -2.24. The van der Waals surface area contributed by atoms with E-state index in [1.54, 1.807) is 0 Å². The Kier molecular flexibility index (Phi) is 1.41. The summed E-state index contributed by atoms with van der Waals surface area (Å²) in [6.45, 7) is 3.11. The van der Waals surface area contributed by atoms with Crippen LogP contribution in [0.25, 0.3) is 0 Å². The molecule has 0 radical (unpaired) electrons. The van der Waals surface area contributed by atoms with E-state index in [1.165, 1.54) is 12.1 Å². The van der Waals surface area contributed by atoms with Crippen molar-refractivity contribution < 1.29 is 0 Å². The topological polar surface area (TPSA) is 38.0 Å². The number of nitrogens with two attached hydrogens (primary N) is 1. The highest BCUT2D eigenvalue weighted by molar-refractivity contribution is 5.26. The summed E-state index contributed by atoms with van der Waals surface area (Å²) in [5.41, 5.74) is 7.92. The molecule has 60 valence electrons. The van der Waals surface area contributed by atoms with E-state index in [4.69, 9.17) is 5.73 Å². The number of hydrogen-bond donors (Lipinski definition) is 2. The molecule has 2 atom stereocenters. The summed E-state index contributed by atoms with van der Waals surface area (Å²) in [7, 11) is 0. The van der Waals surface area contributed by atoms with Gasteiger partial charge in [-0.1, -0.05) is 6.92 Å². The molecule has 1 fully saturated rings. The molecule has 1 saturated carbocycles. The van der Waals surface area contributed by atoms with Crippen molar-refractivity contribution >= 4 is 0 Å². The fourth-order valence-electron chi connectivity index (χ4n) is 1.53. The molecule has 3 N–H and O–H groups in total. The second kappa shape index (κ2) is 2.29. The van der Waals surface area contributed by atoms with Crippen molar-refractivity contribution in [1.29, 1.82) is 0 Å². The average molecular weight is 150 g/mol. The molecule has 0 aromatic carbocycles. The highest BCUT2D eigenvalue weighted by Crippen LogP contribution is 2.42. The lowest BCUT2D eigenvalue weighted by molar-refractivity contribution is 0.729. The molecular formula is C9H14N2. The van der Waals surface area contributed by atoms with Crippen LogP contribution in [-0.4, -0.2) is 6.54 Å². The molecule has 2 heteroatoms. The monoisotopic (exact) mass is 150 g/mol. The van der Waals surface area contributed by atoms with Crippen LogP contribution in [0.4, 0.5) is 0 Å². The predicted octanol–water partition coefficient (Wildman–Crippen LogP) is 0.972. The molecule has 0 saturated heterocycles. The summed E-state index contributed by atoms with van der Waals surface area (Å²) < 4.78 is 0. The van der Waals surface area contributed by atoms with Crippen molar-refractivity contribution in [3.8, 4) is 0 Å². The summed E-state index contributed by atoms with van der Waals surface area (Å²) in [5.74, 6) is 1.67. The van der Waals surface area contributed by atoms with Crippen LogP contribution in [0.2, 0.25) is 0 Å². The largest absolute Gasteiger partial charge is 0.401 e. The molecule has 2 rings (SSSR count). The second-order valence-corrected chi connectivity index (χ2v) is 3.54. The van der Waals surface area contributed by atoms with E-state index in [0.29, 0.717) is 0 Å². The smallest absolute Gasteiger partial charge is 0.0542 e. The SMILES string of the molecule is C[C@@H]1C[C@H]1C1=CC=C(N)CN1. The Morgan fingerprint density at radius 3 is 2.73 bits per heavy atom. The third kappa shape index (κ3) is 1.25. The summed E-state index contributed by atoms with van der Waals surface area (Å²) in [4.78, 5) is 0. The second-order valence-electron chi connectivity index (χ2n) is 3.54. The first-order valence-corrected chi connectivity index (χ1v) is 4.17. The minimum atomic E-state index is 0.791. The molecule has 2 aliphatic rings. The minimum Gasteiger partial charge on any atom is -0.401 e. The van der Waals surface area contributed by atoms with Gasteiger partial charge in [0, 0.05) is 17.3 Å². The summed E-state index contributed by atoms with van der Waals surface area (Å²) in [6.07, 6.45) is 5.47. The fraction of sp³-hybridized carbons (Fsp3) is 0.556. The van der Waals surface area contributed by atoms with Gasteiger partial charge in [0.15, 0.2) is 0 Å². The highest BCUT2D eigenvalue weighted by atomic mass is 14.9. The van der Waals surface area contributed by atoms with Gasteiger partial charge in [-0.05, 0) is 24.5 Å². The van der Waals surface area contributed by atoms with Gasteiger partial charge in [-0.2, -0.15) is 0 Å². The minimum absolute atomic E-state index is 0.791. The Labute approximate surface area is 67.2 Å². The third-order valence-electron chi connectivity index (χ3n) is 2.48. The molecule has 0 bridgehead atoms. The van der Waals surface area contributed by atoms with Crippen molar-refractivity contribution in [3.05, 3.63) is 23.5 Å². The number of dihydropyridines is 1. The van der Waals surface area contributed by atoms with E-state index in [2.05, 4.69) is 18.3 Å². The molecule has 0 unspecified atom stereocenters. The molecule has 11 heavy (non-hydrogen) atoms. The van der Waals surface area contributed by atoms with Crippen LogP contribution in [0, 0.1) is 11.8 Å². The van der Waals surface area contributed by atoms with Crippen LogP contribution >= 0.6 is 0 Å². The average Bonchev–Trinajstić information content (AvgIpc) is 2.69. The predicted molar refractivity (Wildman–Crippen MR) is 45.6 cm³/mol. The maximum atomic E-state index is 5.61. The molecule has 2 nitrogen and oxygen atoms in total. The van der Waals surface area contributed by atoms with Gasteiger partial charge in [0.1, 0.15) is 0 Å². The Hall–Kier alpha value is -0.920. The molecule has 0 spiro atoms. The van der Waals surface area contributed by atoms with Crippen molar-refractivity contribution in [2.24, 2.45) is 17.6 Å². The first-order chi connectivity index (χ1) is 5.27. The van der Waals surface area contributed by atoms with Crippen molar-refractivity contribution in [2.75, 3.05) is 6.54 Å². The quantitative estimate of drug-likeness (QED) is 0.584. The van der Waals surface area contributed by atoms with Crippen molar-refractivity contribution in [1.82, 2.24) is 5.32 Å². The number of nitrogens with one attached hydrogen (secondary N) is 1. The number of hydrogen-bond acceptors (Lipinski definition) is 2. The van der Waals surface area contributed by atoms with E-state index in [-0.39, 0.29) is 0 Å². The van der Waals surface area contributed by atoms with E-state index < -0.39 is 0 Å². The van der Waals surface area contributed by atoms with Crippen LogP contribution in [-0.2, 0) is 0 Å². The van der Waals surface area contributed by atoms with Gasteiger partial charge in [0.2, 0.25) is 0 Å². The van der Waals surface area contributed by atoms with E-state index >= 15 is 0 Å². The van der Waals surface area contributed by atoms with Crippen LogP contribution in [0.3, 0.4) is 0 Å². The first kappa shape index (κ1) is 6.77. The molecule has 0 aromatic heterocycles. The summed E-state index contributed by atoms with van der Waals surface area (Å²) in [5, 5.41) is 3.33. The van der Waals surface area contributed by atoms with E-state index in [1.807, 2.05) is 6.08 Å². The Balaban J connectivity index is 2.05. The molecular weight excluding hydrogens is 136 g/mol. The van der Waals surface area contributed by atoms with Gasteiger partial charge in [-0.25, -0.2) is 0 Å². The standard InChI is InChI=1S/C9H14N2/c1-6-4-8(6)9-3-2-7(10)5-11-9/h2-3,6,8,11H,4-5,10H2,1H3/t6-,8-/m1/s1. The van der Waals surface area contributed by atoms with Crippen LogP contribution in [0.1, 0.15) is 13.3 Å². The van der Waals surface area contributed by atoms with Gasteiger partial charge in [0.25, 0.3) is 0 Å². The van der Waals surface area contributed by atoms with Crippen LogP contribution < -0.4 is 11.1 Å². The fourth-order valence-corrected chi connectivity index (χ4v) is 1.53. The van der Waals surface area contributed by atoms with Gasteiger partial charge >= 0.3 is 0 Å². The lowest BCUT2D eigenvalue weighted by atomic mass is 10.2. The summed E-state index contributed by atoms with van der Waals surface area (Å²) in [6, 6.07) is 0. The van der Waals surface area contributed by atoms with Crippen LogP contribution in [0.15, 0.2) is 23.5 Å². The zero-order valence-electron chi connectivity index (χ0n) is 6.80. The van der Waals surface area contributed by atoms with Crippen molar-refractivity contribution in [3.63, 3.8) is 0 Å². The zero-order valence-corrected chi connectivity index (χ0v) is 6.80. The molecule has 1 heterocycles. The number of rotatable bonds is 1. The summed E-state index contributed by atoms with van der Waals surface area (Å²) >= 11 is 0. The normalized spacial score (nSPS) is 35.4. The first-order valence-electron chi connectivity index (χ1n) is 4.17. The van der Waals surface area contributed by atoms with Gasteiger partial charge < -0.3 is 11.1 Å². The van der Waals surface area contributed by atoms with E-state index in [0.717, 1.165) is 24.1 Å². The van der Waals surface area contributed by atoms with Crippen molar-refractivity contribution in [2.45, 2.75) is 13.3 Å². The van der Waals surface area contributed by atoms with Gasteiger partial charge in [0.05, 0.1) is 6.54 Å². The van der Waals surface area contributed by atoms with Gasteiger partial charge in [-0.3, -0.25) is 0 Å². The lowest BCUT2D eigenvalue weighted by Gasteiger charge is -2.14. The molecule has 1 aliphatic heterocycles. The Morgan fingerprint density at radius 2 is 2.27 bits per heavy atom. The molecule has 0 amide bonds. The molecule has 0 aromatic rings. The zero-order chi connectivity index (χ0) is 7.84. The highest BCUT2D eigenvalue weighted by Gasteiger charge is 2.35. The van der Waals surface area contributed by atoms with E-state index in [9.17, 15) is 0 Å². The van der Waals surface area contributed by atoms with Gasteiger partial charge in [-0.15, -0.1) is 0 Å². The maximum Gasteiger partial charge on any atom is 0.0542 e. The van der Waals surface area contributed by atoms with Crippen LogP contribution in [0.5, 0.6) is 0 Å². The maximum absolute atomic E-state index is 5.61. The molecule has 1 aliphatic carbocycles. The number of allylic oxidation sites excluding steroid dienone is 3. The Morgan fingerprint density at radius 1 is 1.55 bits per heavy atom. The third-order valence-corrected chi connectivity index (χ3v) is 2.48. The Bertz CT molecular complexity index is 228.